The van der Waals surface area contributed by atoms with Crippen LogP contribution in [0, 0.1) is 29.1 Å². The lowest BCUT2D eigenvalue weighted by Gasteiger charge is -2.12. The van der Waals surface area contributed by atoms with Crippen LogP contribution in [0.2, 0.25) is 0 Å². The minimum atomic E-state index is -2.40. The lowest BCUT2D eigenvalue weighted by molar-refractivity contribution is 0.358. The van der Waals surface area contributed by atoms with Crippen molar-refractivity contribution < 1.29 is 26.4 Å². The first kappa shape index (κ1) is 16.2. The second-order valence-electron chi connectivity index (χ2n) is 3.94. The first-order valence-electron chi connectivity index (χ1n) is 5.61. The van der Waals surface area contributed by atoms with Gasteiger partial charge in [-0.1, -0.05) is 51.6 Å². The highest BCUT2D eigenvalue weighted by Crippen LogP contribution is 2.31. The van der Waals surface area contributed by atoms with E-state index in [1.54, 1.807) is 6.07 Å². The van der Waals surface area contributed by atoms with Gasteiger partial charge in [-0.05, 0) is 0 Å². The Kier molecular flexibility index (Phi) is 4.60. The first-order chi connectivity index (χ1) is 10.3. The van der Waals surface area contributed by atoms with Crippen molar-refractivity contribution in [3.8, 4) is 0 Å². The van der Waals surface area contributed by atoms with Crippen LogP contribution in [0.15, 0.2) is 35.4 Å². The molecular formula is C13H5ClF6N2. The van der Waals surface area contributed by atoms with Crippen molar-refractivity contribution in [2.45, 2.75) is 0 Å². The molecule has 9 heteroatoms. The summed E-state index contributed by atoms with van der Waals surface area (Å²) < 4.78 is 79.3. The summed E-state index contributed by atoms with van der Waals surface area (Å²) in [5.41, 5.74) is -1.68. The molecule has 0 fully saturated rings. The lowest BCUT2D eigenvalue weighted by atomic mass is 10.2. The SMILES string of the molecule is Fc1c(F)c(F)c(N(F)N=C(Cl)c2ccccc2)c(F)c1F. The van der Waals surface area contributed by atoms with E-state index in [-0.39, 0.29) is 5.56 Å². The summed E-state index contributed by atoms with van der Waals surface area (Å²) in [6, 6.07) is 7.46. The molecule has 0 radical (unpaired) electrons. The Balaban J connectivity index is 2.49. The molecule has 0 aliphatic carbocycles. The quantitative estimate of drug-likeness (QED) is 0.198. The van der Waals surface area contributed by atoms with Gasteiger partial charge in [0.05, 0.1) is 0 Å². The van der Waals surface area contributed by atoms with E-state index >= 15 is 0 Å². The summed E-state index contributed by atoms with van der Waals surface area (Å²) >= 11 is 5.63. The third-order valence-corrected chi connectivity index (χ3v) is 2.85. The van der Waals surface area contributed by atoms with Gasteiger partial charge in [0, 0.05) is 5.56 Å². The Morgan fingerprint density at radius 2 is 1.27 bits per heavy atom. The Labute approximate surface area is 125 Å². The molecule has 0 saturated carbocycles. The molecule has 116 valence electrons. The third-order valence-electron chi connectivity index (χ3n) is 2.56. The fourth-order valence-electron chi connectivity index (χ4n) is 1.52. The van der Waals surface area contributed by atoms with Crippen LogP contribution in [0.1, 0.15) is 5.56 Å². The normalized spacial score (nSPS) is 11.7. The Bertz CT molecular complexity index is 706. The summed E-state index contributed by atoms with van der Waals surface area (Å²) in [7, 11) is 0. The summed E-state index contributed by atoms with van der Waals surface area (Å²) in [6.45, 7) is 0. The number of nitrogens with zero attached hydrogens (tertiary/aromatic N) is 2. The van der Waals surface area contributed by atoms with Gasteiger partial charge in [-0.3, -0.25) is 0 Å². The molecule has 2 aromatic rings. The third kappa shape index (κ3) is 2.87. The van der Waals surface area contributed by atoms with Gasteiger partial charge in [0.1, 0.15) is 0 Å². The van der Waals surface area contributed by atoms with Crippen molar-refractivity contribution in [2.24, 2.45) is 5.10 Å². The minimum absolute atomic E-state index is 0.177. The van der Waals surface area contributed by atoms with E-state index < -0.39 is 45.2 Å². The molecule has 0 aromatic heterocycles. The van der Waals surface area contributed by atoms with E-state index in [4.69, 9.17) is 11.6 Å². The predicted molar refractivity (Wildman–Crippen MR) is 68.7 cm³/mol. The van der Waals surface area contributed by atoms with Gasteiger partial charge in [0.2, 0.25) is 5.82 Å². The summed E-state index contributed by atoms with van der Waals surface area (Å²) in [5.74, 6) is -11.7. The maximum atomic E-state index is 13.7. The topological polar surface area (TPSA) is 15.6 Å². The Hall–Kier alpha value is -2.22. The molecule has 0 atom stereocenters. The van der Waals surface area contributed by atoms with Crippen LogP contribution in [-0.2, 0) is 0 Å². The van der Waals surface area contributed by atoms with Crippen LogP contribution in [0.25, 0.3) is 0 Å². The standard InChI is InChI=1S/C13H5ClF6N2/c14-13(6-4-2-1-3-5-6)21-22(20)12-10(18)8(16)7(15)9(17)11(12)19/h1-5H. The van der Waals surface area contributed by atoms with E-state index in [2.05, 4.69) is 5.10 Å². The maximum Gasteiger partial charge on any atom is 0.200 e. The summed E-state index contributed by atoms with van der Waals surface area (Å²) in [5, 5.41) is 1.41. The van der Waals surface area contributed by atoms with Crippen molar-refractivity contribution in [1.82, 2.24) is 0 Å². The van der Waals surface area contributed by atoms with Crippen molar-refractivity contribution >= 4 is 22.5 Å². The zero-order valence-electron chi connectivity index (χ0n) is 10.4. The van der Waals surface area contributed by atoms with E-state index in [1.165, 1.54) is 24.3 Å². The fraction of sp³-hybridized carbons (Fsp3) is 0. The molecule has 0 N–H and O–H groups in total. The molecule has 22 heavy (non-hydrogen) atoms. The van der Waals surface area contributed by atoms with Crippen LogP contribution in [0.5, 0.6) is 0 Å². The first-order valence-corrected chi connectivity index (χ1v) is 5.99. The van der Waals surface area contributed by atoms with E-state index in [9.17, 15) is 26.4 Å². The second kappa shape index (κ2) is 6.27. The van der Waals surface area contributed by atoms with Crippen LogP contribution in [0.3, 0.4) is 0 Å². The highest BCUT2D eigenvalue weighted by Gasteiger charge is 2.30. The molecule has 2 aromatic carbocycles. The van der Waals surface area contributed by atoms with Crippen LogP contribution in [-0.4, -0.2) is 5.17 Å². The van der Waals surface area contributed by atoms with Gasteiger partial charge in [0.25, 0.3) is 0 Å². The molecule has 2 nitrogen and oxygen atoms in total. The van der Waals surface area contributed by atoms with Gasteiger partial charge < -0.3 is 0 Å². The molecule has 0 amide bonds. The highest BCUT2D eigenvalue weighted by atomic mass is 35.5. The van der Waals surface area contributed by atoms with Gasteiger partial charge in [-0.2, -0.15) is 0 Å². The number of benzene rings is 2. The average molecular weight is 339 g/mol. The number of hydrogen-bond acceptors (Lipinski definition) is 2. The zero-order valence-corrected chi connectivity index (χ0v) is 11.2. The smallest absolute Gasteiger partial charge is 0.200 e. The number of halogens is 7. The predicted octanol–water partition coefficient (Wildman–Crippen LogP) is 4.67. The van der Waals surface area contributed by atoms with Gasteiger partial charge in [-0.15, -0.1) is 5.10 Å². The Morgan fingerprint density at radius 3 is 1.77 bits per heavy atom. The van der Waals surface area contributed by atoms with Crippen molar-refractivity contribution in [2.75, 3.05) is 5.23 Å². The largest absolute Gasteiger partial charge is 0.201 e. The fourth-order valence-corrected chi connectivity index (χ4v) is 1.71. The number of hydrazone groups is 1. The molecule has 0 heterocycles. The molecule has 0 spiro atoms. The van der Waals surface area contributed by atoms with Crippen LogP contribution >= 0.6 is 11.6 Å². The zero-order chi connectivity index (χ0) is 16.4. The molecule has 0 aliphatic heterocycles. The molecular weight excluding hydrogens is 334 g/mol. The molecule has 2 rings (SSSR count). The van der Waals surface area contributed by atoms with Gasteiger partial charge in [-0.25, -0.2) is 22.0 Å². The number of anilines is 1. The monoisotopic (exact) mass is 338 g/mol. The van der Waals surface area contributed by atoms with Crippen molar-refractivity contribution in [1.29, 1.82) is 0 Å². The van der Waals surface area contributed by atoms with Crippen LogP contribution < -0.4 is 5.23 Å². The second-order valence-corrected chi connectivity index (χ2v) is 4.29. The van der Waals surface area contributed by atoms with E-state index in [0.29, 0.717) is 0 Å². The highest BCUT2D eigenvalue weighted by molar-refractivity contribution is 6.69. The van der Waals surface area contributed by atoms with Crippen LogP contribution in [0.4, 0.5) is 32.1 Å². The maximum absolute atomic E-state index is 13.7. The molecule has 0 bridgehead atoms. The summed E-state index contributed by atoms with van der Waals surface area (Å²) in [4.78, 5) is 0. The average Bonchev–Trinajstić information content (AvgIpc) is 2.52. The van der Waals surface area contributed by atoms with E-state index in [1.807, 2.05) is 0 Å². The number of hydrogen-bond donors (Lipinski definition) is 0. The molecule has 0 unspecified atom stereocenters. The Morgan fingerprint density at radius 1 is 0.818 bits per heavy atom. The molecule has 0 saturated heterocycles. The van der Waals surface area contributed by atoms with E-state index in [0.717, 1.165) is 0 Å². The minimum Gasteiger partial charge on any atom is -0.201 e. The van der Waals surface area contributed by atoms with Gasteiger partial charge >= 0.3 is 0 Å². The lowest BCUT2D eigenvalue weighted by Crippen LogP contribution is -2.14. The number of rotatable bonds is 3. The molecule has 0 aliphatic rings. The summed E-state index contributed by atoms with van der Waals surface area (Å²) in [6.07, 6.45) is 0. The van der Waals surface area contributed by atoms with Gasteiger partial charge in [0.15, 0.2) is 34.1 Å². The van der Waals surface area contributed by atoms with Crippen molar-refractivity contribution in [3.63, 3.8) is 0 Å². The van der Waals surface area contributed by atoms with Crippen molar-refractivity contribution in [3.05, 3.63) is 65.0 Å².